The Balaban J connectivity index is 1.79. The second kappa shape index (κ2) is 5.69. The van der Waals surface area contributed by atoms with Gasteiger partial charge in [-0.2, -0.15) is 0 Å². The molecule has 0 unspecified atom stereocenters. The number of allylic oxidation sites excluding steroid dienone is 1. The van der Waals surface area contributed by atoms with Gasteiger partial charge in [-0.1, -0.05) is 12.1 Å². The molecular weight excluding hydrogens is 286 g/mol. The summed E-state index contributed by atoms with van der Waals surface area (Å²) < 4.78 is 10.6. The lowest BCUT2D eigenvalue weighted by Crippen LogP contribution is -1.95. The summed E-state index contributed by atoms with van der Waals surface area (Å²) in [6.07, 6.45) is 3.04. The Morgan fingerprint density at radius 2 is 1.91 bits per heavy atom. The topological polar surface area (TPSA) is 78.7 Å². The summed E-state index contributed by atoms with van der Waals surface area (Å²) in [6, 6.07) is 10.9. The Bertz CT molecular complexity index is 765. The van der Waals surface area contributed by atoms with Crippen LogP contribution in [-0.2, 0) is 0 Å². The van der Waals surface area contributed by atoms with E-state index in [1.54, 1.807) is 12.1 Å². The van der Waals surface area contributed by atoms with Crippen LogP contribution >= 0.6 is 0 Å². The van der Waals surface area contributed by atoms with Gasteiger partial charge in [0.25, 0.3) is 5.69 Å². The van der Waals surface area contributed by atoms with Crippen molar-refractivity contribution in [2.75, 3.05) is 6.79 Å². The summed E-state index contributed by atoms with van der Waals surface area (Å²) in [7, 11) is 0. The van der Waals surface area contributed by atoms with Gasteiger partial charge in [0.15, 0.2) is 17.3 Å². The summed E-state index contributed by atoms with van der Waals surface area (Å²) in [4.78, 5) is 22.1. The molecule has 0 radical (unpaired) electrons. The second-order valence-corrected chi connectivity index (χ2v) is 4.58. The molecule has 2 aromatic rings. The molecule has 0 saturated carbocycles. The van der Waals surface area contributed by atoms with E-state index in [0.29, 0.717) is 17.1 Å². The molecule has 6 heteroatoms. The van der Waals surface area contributed by atoms with Gasteiger partial charge in [0.2, 0.25) is 6.79 Å². The summed E-state index contributed by atoms with van der Waals surface area (Å²) in [5.74, 6) is 1.01. The average molecular weight is 297 g/mol. The second-order valence-electron chi connectivity index (χ2n) is 4.58. The van der Waals surface area contributed by atoms with Gasteiger partial charge in [0.05, 0.1) is 4.92 Å². The maximum atomic E-state index is 12.1. The summed E-state index contributed by atoms with van der Waals surface area (Å²) in [5.41, 5.74) is 1.07. The first-order valence-corrected chi connectivity index (χ1v) is 6.50. The van der Waals surface area contributed by atoms with Crippen molar-refractivity contribution in [3.8, 4) is 11.5 Å². The maximum absolute atomic E-state index is 12.1. The Labute approximate surface area is 125 Å². The van der Waals surface area contributed by atoms with Crippen LogP contribution in [-0.4, -0.2) is 17.5 Å². The van der Waals surface area contributed by atoms with E-state index in [2.05, 4.69) is 0 Å². The molecule has 0 aromatic heterocycles. The molecule has 2 aromatic carbocycles. The lowest BCUT2D eigenvalue weighted by Gasteiger charge is -2.00. The van der Waals surface area contributed by atoms with Crippen LogP contribution in [0.3, 0.4) is 0 Å². The van der Waals surface area contributed by atoms with Crippen molar-refractivity contribution < 1.29 is 19.2 Å². The molecule has 1 aliphatic rings. The normalized spacial score (nSPS) is 12.5. The largest absolute Gasteiger partial charge is 0.454 e. The van der Waals surface area contributed by atoms with Crippen molar-refractivity contribution in [1.29, 1.82) is 0 Å². The number of fused-ring (bicyclic) bond motifs is 1. The van der Waals surface area contributed by atoms with Crippen LogP contribution in [0.4, 0.5) is 5.69 Å². The number of rotatable bonds is 4. The number of carbonyl (C=O) groups excluding carboxylic acids is 1. The molecule has 6 nitrogen and oxygen atoms in total. The highest BCUT2D eigenvalue weighted by Gasteiger charge is 2.15. The van der Waals surface area contributed by atoms with Crippen LogP contribution in [0.15, 0.2) is 48.5 Å². The van der Waals surface area contributed by atoms with Gasteiger partial charge >= 0.3 is 0 Å². The number of hydrogen-bond donors (Lipinski definition) is 0. The van der Waals surface area contributed by atoms with Crippen LogP contribution in [0.1, 0.15) is 15.9 Å². The fourth-order valence-electron chi connectivity index (χ4n) is 2.09. The van der Waals surface area contributed by atoms with E-state index in [9.17, 15) is 14.9 Å². The number of non-ortho nitro benzene ring substituents is 1. The minimum atomic E-state index is -0.505. The van der Waals surface area contributed by atoms with E-state index in [1.165, 1.54) is 30.3 Å². The zero-order chi connectivity index (χ0) is 15.5. The van der Waals surface area contributed by atoms with Gasteiger partial charge in [-0.05, 0) is 30.4 Å². The van der Waals surface area contributed by atoms with Crippen molar-refractivity contribution in [2.45, 2.75) is 0 Å². The molecule has 0 N–H and O–H groups in total. The van der Waals surface area contributed by atoms with E-state index in [4.69, 9.17) is 9.47 Å². The summed E-state index contributed by atoms with van der Waals surface area (Å²) in [5, 5.41) is 10.6. The van der Waals surface area contributed by atoms with Gasteiger partial charge in [0, 0.05) is 23.3 Å². The predicted molar refractivity (Wildman–Crippen MR) is 79.0 cm³/mol. The van der Waals surface area contributed by atoms with Crippen LogP contribution in [0, 0.1) is 10.1 Å². The lowest BCUT2D eigenvalue weighted by atomic mass is 10.1. The minimum Gasteiger partial charge on any atom is -0.454 e. The first-order valence-electron chi connectivity index (χ1n) is 6.50. The maximum Gasteiger partial charge on any atom is 0.269 e. The Kier molecular flexibility index (Phi) is 3.57. The molecule has 0 aliphatic carbocycles. The highest BCUT2D eigenvalue weighted by atomic mass is 16.7. The Morgan fingerprint density at radius 3 is 2.64 bits per heavy atom. The van der Waals surface area contributed by atoms with Crippen molar-refractivity contribution in [3.63, 3.8) is 0 Å². The summed E-state index contributed by atoms with van der Waals surface area (Å²) >= 11 is 0. The smallest absolute Gasteiger partial charge is 0.269 e. The molecule has 22 heavy (non-hydrogen) atoms. The number of carbonyl (C=O) groups is 1. The minimum absolute atomic E-state index is 0.0491. The molecule has 0 saturated heterocycles. The third-order valence-electron chi connectivity index (χ3n) is 3.20. The van der Waals surface area contributed by atoms with Gasteiger partial charge < -0.3 is 9.47 Å². The number of nitro groups is 1. The number of ether oxygens (including phenoxy) is 2. The molecule has 0 spiro atoms. The van der Waals surface area contributed by atoms with Crippen LogP contribution in [0.2, 0.25) is 0 Å². The monoisotopic (exact) mass is 297 g/mol. The molecule has 110 valence electrons. The van der Waals surface area contributed by atoms with Crippen LogP contribution in [0.25, 0.3) is 6.08 Å². The van der Waals surface area contributed by atoms with Gasteiger partial charge in [-0.25, -0.2) is 0 Å². The van der Waals surface area contributed by atoms with Crippen LogP contribution < -0.4 is 9.47 Å². The zero-order valence-corrected chi connectivity index (χ0v) is 11.4. The van der Waals surface area contributed by atoms with E-state index in [1.807, 2.05) is 12.1 Å². The molecule has 0 fully saturated rings. The lowest BCUT2D eigenvalue weighted by molar-refractivity contribution is -0.384. The standard InChI is InChI=1S/C16H11NO5/c18-14(11-4-7-13(8-5-11)17(19)20)9-6-12-2-1-3-15-16(12)22-10-21-15/h1-9H,10H2/b9-6+. The molecule has 0 amide bonds. The Morgan fingerprint density at radius 1 is 1.14 bits per heavy atom. The first kappa shape index (κ1) is 13.8. The zero-order valence-electron chi connectivity index (χ0n) is 11.4. The van der Waals surface area contributed by atoms with Crippen molar-refractivity contribution >= 4 is 17.5 Å². The Hall–Kier alpha value is -3.15. The SMILES string of the molecule is O=C(/C=C/c1cccc2c1OCO2)c1ccc([N+](=O)[O-])cc1. The number of para-hydroxylation sites is 1. The molecule has 1 heterocycles. The molecular formula is C16H11NO5. The first-order chi connectivity index (χ1) is 10.6. The van der Waals surface area contributed by atoms with Crippen molar-refractivity contribution in [3.05, 3.63) is 69.8 Å². The van der Waals surface area contributed by atoms with E-state index < -0.39 is 4.92 Å². The number of hydrogen-bond acceptors (Lipinski definition) is 5. The number of benzene rings is 2. The molecule has 0 bridgehead atoms. The van der Waals surface area contributed by atoms with Crippen molar-refractivity contribution in [1.82, 2.24) is 0 Å². The van der Waals surface area contributed by atoms with Gasteiger partial charge in [-0.15, -0.1) is 0 Å². The summed E-state index contributed by atoms with van der Waals surface area (Å²) in [6.45, 7) is 0.163. The van der Waals surface area contributed by atoms with Gasteiger partial charge in [0.1, 0.15) is 0 Å². The molecule has 1 aliphatic heterocycles. The number of nitrogens with zero attached hydrogens (tertiary/aromatic N) is 1. The fraction of sp³-hybridized carbons (Fsp3) is 0.0625. The molecule has 3 rings (SSSR count). The average Bonchev–Trinajstić information content (AvgIpc) is 3.01. The van der Waals surface area contributed by atoms with Crippen molar-refractivity contribution in [2.24, 2.45) is 0 Å². The highest BCUT2D eigenvalue weighted by Crippen LogP contribution is 2.35. The molecule has 0 atom stereocenters. The highest BCUT2D eigenvalue weighted by molar-refractivity contribution is 6.07. The van der Waals surface area contributed by atoms with Crippen LogP contribution in [0.5, 0.6) is 11.5 Å². The quantitative estimate of drug-likeness (QED) is 0.375. The third kappa shape index (κ3) is 2.67. The van der Waals surface area contributed by atoms with E-state index in [-0.39, 0.29) is 18.3 Å². The fourth-order valence-corrected chi connectivity index (χ4v) is 2.09. The number of nitro benzene ring substituents is 1. The third-order valence-corrected chi connectivity index (χ3v) is 3.20. The number of ketones is 1. The van der Waals surface area contributed by atoms with Gasteiger partial charge in [-0.3, -0.25) is 14.9 Å². The predicted octanol–water partition coefficient (Wildman–Crippen LogP) is 3.22. The van der Waals surface area contributed by atoms with E-state index >= 15 is 0 Å². The van der Waals surface area contributed by atoms with E-state index in [0.717, 1.165) is 5.56 Å².